The van der Waals surface area contributed by atoms with E-state index in [0.29, 0.717) is 21.7 Å². The van der Waals surface area contributed by atoms with E-state index in [1.165, 1.54) is 24.5 Å². The Morgan fingerprint density at radius 2 is 1.96 bits per heavy atom. The summed E-state index contributed by atoms with van der Waals surface area (Å²) in [5, 5.41) is 2.30. The highest BCUT2D eigenvalue weighted by Crippen LogP contribution is 2.22. The van der Waals surface area contributed by atoms with E-state index in [4.69, 9.17) is 11.6 Å². The topological polar surface area (TPSA) is 54.5 Å². The van der Waals surface area contributed by atoms with E-state index in [1.807, 2.05) is 5.38 Å². The number of ketones is 1. The molecule has 1 unspecified atom stereocenters. The number of carbonyl (C=O) groups excluding carboxylic acids is 3. The van der Waals surface area contributed by atoms with E-state index in [9.17, 15) is 14.4 Å². The lowest BCUT2D eigenvalue weighted by molar-refractivity contribution is -0.143. The number of benzene rings is 1. The zero-order valence-corrected chi connectivity index (χ0v) is 13.9. The van der Waals surface area contributed by atoms with Gasteiger partial charge >= 0.3 is 0 Å². The van der Waals surface area contributed by atoms with Crippen LogP contribution in [0.4, 0.5) is 0 Å². The number of carbonyl (C=O) groups is 3. The molecule has 23 heavy (non-hydrogen) atoms. The minimum atomic E-state index is -0.764. The van der Waals surface area contributed by atoms with Crippen LogP contribution in [-0.4, -0.2) is 29.9 Å². The highest BCUT2D eigenvalue weighted by Gasteiger charge is 2.25. The Morgan fingerprint density at radius 3 is 2.57 bits per heavy atom. The highest BCUT2D eigenvalue weighted by atomic mass is 35.5. The quantitative estimate of drug-likeness (QED) is 0.457. The third kappa shape index (κ3) is 4.15. The van der Waals surface area contributed by atoms with Crippen molar-refractivity contribution in [3.63, 3.8) is 0 Å². The van der Waals surface area contributed by atoms with E-state index in [0.717, 1.165) is 11.0 Å². The number of aldehydes is 1. The van der Waals surface area contributed by atoms with Crippen LogP contribution in [0.1, 0.15) is 16.5 Å². The SMILES string of the molecule is CN(C(=O)C(=O)C=Cc1ccccc1Cl)C(C=O)c1cccs1. The molecule has 1 aromatic carbocycles. The Morgan fingerprint density at radius 1 is 1.22 bits per heavy atom. The summed E-state index contributed by atoms with van der Waals surface area (Å²) in [4.78, 5) is 37.3. The molecule has 1 amide bonds. The predicted molar refractivity (Wildman–Crippen MR) is 91.4 cm³/mol. The zero-order chi connectivity index (χ0) is 16.8. The van der Waals surface area contributed by atoms with Gasteiger partial charge in [-0.05, 0) is 35.2 Å². The number of hydrogen-bond acceptors (Lipinski definition) is 4. The van der Waals surface area contributed by atoms with E-state index in [2.05, 4.69) is 0 Å². The molecule has 0 fully saturated rings. The normalized spacial score (nSPS) is 12.1. The summed E-state index contributed by atoms with van der Waals surface area (Å²) in [6.45, 7) is 0. The molecule has 4 nitrogen and oxygen atoms in total. The number of thiophene rings is 1. The Kier molecular flexibility index (Phi) is 5.84. The van der Waals surface area contributed by atoms with Crippen LogP contribution < -0.4 is 0 Å². The minimum Gasteiger partial charge on any atom is -0.324 e. The Labute approximate surface area is 143 Å². The van der Waals surface area contributed by atoms with E-state index in [-0.39, 0.29) is 0 Å². The van der Waals surface area contributed by atoms with E-state index < -0.39 is 17.7 Å². The summed E-state index contributed by atoms with van der Waals surface area (Å²) in [6, 6.07) is 9.75. The fourth-order valence-corrected chi connectivity index (χ4v) is 2.98. The Bertz CT molecular complexity index is 740. The van der Waals surface area contributed by atoms with Crippen molar-refractivity contribution >= 4 is 47.0 Å². The van der Waals surface area contributed by atoms with Crippen molar-refractivity contribution in [2.45, 2.75) is 6.04 Å². The zero-order valence-electron chi connectivity index (χ0n) is 12.3. The molecule has 0 aliphatic heterocycles. The molecule has 0 N–H and O–H groups in total. The largest absolute Gasteiger partial charge is 0.324 e. The first-order valence-electron chi connectivity index (χ1n) is 6.77. The molecule has 0 spiro atoms. The lowest BCUT2D eigenvalue weighted by atomic mass is 10.1. The minimum absolute atomic E-state index is 0.488. The Hall–Kier alpha value is -2.24. The molecule has 1 aromatic heterocycles. The van der Waals surface area contributed by atoms with Crippen molar-refractivity contribution in [3.8, 4) is 0 Å². The monoisotopic (exact) mass is 347 g/mol. The molecule has 1 atom stereocenters. The first-order valence-corrected chi connectivity index (χ1v) is 8.02. The summed E-state index contributed by atoms with van der Waals surface area (Å²) >= 11 is 7.34. The van der Waals surface area contributed by atoms with Crippen molar-refractivity contribution in [2.24, 2.45) is 0 Å². The van der Waals surface area contributed by atoms with Gasteiger partial charge in [-0.3, -0.25) is 9.59 Å². The summed E-state index contributed by atoms with van der Waals surface area (Å²) < 4.78 is 0. The van der Waals surface area contributed by atoms with Gasteiger partial charge in [0.1, 0.15) is 12.3 Å². The molecule has 118 valence electrons. The number of rotatable bonds is 6. The summed E-state index contributed by atoms with van der Waals surface area (Å²) in [7, 11) is 1.43. The number of nitrogens with zero attached hydrogens (tertiary/aromatic N) is 1. The van der Waals surface area contributed by atoms with Crippen LogP contribution in [0.15, 0.2) is 47.9 Å². The first-order chi connectivity index (χ1) is 11.0. The number of halogens is 1. The van der Waals surface area contributed by atoms with E-state index >= 15 is 0 Å². The first kappa shape index (κ1) is 17.1. The van der Waals surface area contributed by atoms with Crippen LogP contribution in [0.3, 0.4) is 0 Å². The van der Waals surface area contributed by atoms with Crippen LogP contribution in [0.25, 0.3) is 6.08 Å². The predicted octanol–water partition coefficient (Wildman–Crippen LogP) is 3.38. The van der Waals surface area contributed by atoms with Crippen molar-refractivity contribution in [1.29, 1.82) is 0 Å². The number of hydrogen-bond donors (Lipinski definition) is 0. The lowest BCUT2D eigenvalue weighted by Gasteiger charge is -2.21. The summed E-state index contributed by atoms with van der Waals surface area (Å²) in [5.41, 5.74) is 0.642. The molecule has 2 rings (SSSR count). The summed E-state index contributed by atoms with van der Waals surface area (Å²) in [5.74, 6) is -1.46. The van der Waals surface area contributed by atoms with Gasteiger partial charge in [0.25, 0.3) is 5.91 Å². The molecule has 0 radical (unpaired) electrons. The van der Waals surface area contributed by atoms with Gasteiger partial charge in [0.05, 0.1) is 0 Å². The van der Waals surface area contributed by atoms with Crippen LogP contribution in [0.2, 0.25) is 5.02 Å². The van der Waals surface area contributed by atoms with Gasteiger partial charge in [0, 0.05) is 16.9 Å². The van der Waals surface area contributed by atoms with Crippen molar-refractivity contribution in [2.75, 3.05) is 7.05 Å². The van der Waals surface area contributed by atoms with Crippen LogP contribution in [-0.2, 0) is 14.4 Å². The maximum Gasteiger partial charge on any atom is 0.294 e. The van der Waals surface area contributed by atoms with Crippen molar-refractivity contribution in [3.05, 3.63) is 63.3 Å². The second-order valence-electron chi connectivity index (χ2n) is 4.73. The molecule has 2 aromatic rings. The lowest BCUT2D eigenvalue weighted by Crippen LogP contribution is -2.36. The molecular formula is C17H14ClNO3S. The van der Waals surface area contributed by atoms with Gasteiger partial charge < -0.3 is 9.69 Å². The van der Waals surface area contributed by atoms with Crippen molar-refractivity contribution < 1.29 is 14.4 Å². The van der Waals surface area contributed by atoms with E-state index in [1.54, 1.807) is 36.4 Å². The van der Waals surface area contributed by atoms with Gasteiger partial charge in [0.2, 0.25) is 5.78 Å². The molecule has 0 aliphatic carbocycles. The second-order valence-corrected chi connectivity index (χ2v) is 6.12. The fraction of sp³-hybridized carbons (Fsp3) is 0.118. The van der Waals surface area contributed by atoms with Gasteiger partial charge in [0.15, 0.2) is 0 Å². The van der Waals surface area contributed by atoms with Crippen molar-refractivity contribution in [1.82, 2.24) is 4.90 Å². The average Bonchev–Trinajstić information content (AvgIpc) is 3.08. The molecule has 0 bridgehead atoms. The number of amides is 1. The van der Waals surface area contributed by atoms with Crippen LogP contribution >= 0.6 is 22.9 Å². The molecule has 0 aliphatic rings. The van der Waals surface area contributed by atoms with Gasteiger partial charge in [-0.15, -0.1) is 11.3 Å². The molecule has 6 heteroatoms. The standard InChI is InChI=1S/C17H14ClNO3S/c1-19(14(11-20)16-7-4-10-23-16)17(22)15(21)9-8-12-5-2-3-6-13(12)18/h2-11,14H,1H3. The maximum absolute atomic E-state index is 12.2. The number of likely N-dealkylation sites (N-methyl/N-ethyl adjacent to an activating group) is 1. The van der Waals surface area contributed by atoms with Gasteiger partial charge in [-0.2, -0.15) is 0 Å². The van der Waals surface area contributed by atoms with Gasteiger partial charge in [-0.1, -0.05) is 35.9 Å². The van der Waals surface area contributed by atoms with Gasteiger partial charge in [-0.25, -0.2) is 0 Å². The third-order valence-corrected chi connectivity index (χ3v) is 4.52. The third-order valence-electron chi connectivity index (χ3n) is 3.23. The maximum atomic E-state index is 12.2. The molecular weight excluding hydrogens is 334 g/mol. The summed E-state index contributed by atoms with van der Waals surface area (Å²) in [6.07, 6.45) is 3.29. The highest BCUT2D eigenvalue weighted by molar-refractivity contribution is 7.10. The fourth-order valence-electron chi connectivity index (χ4n) is 1.96. The molecule has 0 saturated heterocycles. The van der Waals surface area contributed by atoms with Crippen LogP contribution in [0.5, 0.6) is 0 Å². The average molecular weight is 348 g/mol. The van der Waals surface area contributed by atoms with Crippen LogP contribution in [0, 0.1) is 0 Å². The smallest absolute Gasteiger partial charge is 0.294 e. The molecule has 0 saturated carbocycles. The Balaban J connectivity index is 2.11. The second kappa shape index (κ2) is 7.85. The molecule has 1 heterocycles.